The van der Waals surface area contributed by atoms with Gasteiger partial charge in [0.2, 0.25) is 5.91 Å². The van der Waals surface area contributed by atoms with Crippen molar-refractivity contribution >= 4 is 23.2 Å². The number of benzene rings is 3. The largest absolute Gasteiger partial charge is 0.508 e. The molecule has 1 saturated heterocycles. The highest BCUT2D eigenvalue weighted by Gasteiger charge is 2.41. The number of phenols is 1. The molecule has 41 heavy (non-hydrogen) atoms. The number of hydrogen-bond acceptors (Lipinski definition) is 6. The molecule has 2 N–H and O–H groups in total. The number of hydrogen-bond donors (Lipinski definition) is 2. The van der Waals surface area contributed by atoms with E-state index in [1.807, 2.05) is 35.2 Å². The van der Waals surface area contributed by atoms with Gasteiger partial charge in [0, 0.05) is 38.5 Å². The van der Waals surface area contributed by atoms with Crippen LogP contribution in [0.25, 0.3) is 11.1 Å². The van der Waals surface area contributed by atoms with Crippen molar-refractivity contribution in [3.63, 3.8) is 0 Å². The predicted molar refractivity (Wildman–Crippen MR) is 159 cm³/mol. The molecular weight excluding hydrogens is 518 g/mol. The number of carbonyl (C=O) groups is 2. The molecule has 6 rings (SSSR count). The Morgan fingerprint density at radius 2 is 1.90 bits per heavy atom. The number of methoxy groups -OCH3 is 1. The Labute approximate surface area is 240 Å². The molecule has 8 nitrogen and oxygen atoms in total. The van der Waals surface area contributed by atoms with Gasteiger partial charge in [-0.2, -0.15) is 0 Å². The third-order valence-corrected chi connectivity index (χ3v) is 8.36. The number of rotatable bonds is 9. The van der Waals surface area contributed by atoms with Gasteiger partial charge in [-0.3, -0.25) is 9.59 Å². The molecule has 2 heterocycles. The maximum Gasteiger partial charge on any atom is 0.265 e. The quantitative estimate of drug-likeness (QED) is 0.372. The van der Waals surface area contributed by atoms with Crippen molar-refractivity contribution in [3.8, 4) is 22.6 Å². The SMILES string of the molecule is COCCCN1C(=O)COc2ccc(N(C(=O)[C@H]3CNCC[C@@H]3c3cccc(-c4ccc(O)cc4)c3)C3CC3)cc21. The first-order valence-electron chi connectivity index (χ1n) is 14.5. The summed E-state index contributed by atoms with van der Waals surface area (Å²) in [6, 6.07) is 21.6. The molecule has 2 atom stereocenters. The molecule has 8 heteroatoms. The molecular formula is C33H37N3O5. The number of fused-ring (bicyclic) bond motifs is 1. The Kier molecular flexibility index (Phi) is 7.94. The number of piperidine rings is 1. The van der Waals surface area contributed by atoms with E-state index in [1.165, 1.54) is 0 Å². The molecule has 3 aliphatic rings. The number of aromatic hydroxyl groups is 1. The average Bonchev–Trinajstić information content (AvgIpc) is 3.84. The lowest BCUT2D eigenvalue weighted by molar-refractivity contribution is -0.123. The van der Waals surface area contributed by atoms with Gasteiger partial charge in [-0.15, -0.1) is 0 Å². The van der Waals surface area contributed by atoms with E-state index in [0.29, 0.717) is 31.1 Å². The first-order valence-corrected chi connectivity index (χ1v) is 14.5. The van der Waals surface area contributed by atoms with Gasteiger partial charge in [-0.25, -0.2) is 0 Å². The van der Waals surface area contributed by atoms with Crippen LogP contribution in [0.15, 0.2) is 66.7 Å². The van der Waals surface area contributed by atoms with Gasteiger partial charge in [0.15, 0.2) is 6.61 Å². The van der Waals surface area contributed by atoms with Crippen LogP contribution in [0, 0.1) is 5.92 Å². The fourth-order valence-corrected chi connectivity index (χ4v) is 6.10. The zero-order valence-electron chi connectivity index (χ0n) is 23.4. The molecule has 3 aromatic rings. The number of ether oxygens (including phenoxy) is 2. The summed E-state index contributed by atoms with van der Waals surface area (Å²) < 4.78 is 10.9. The van der Waals surface area contributed by atoms with Crippen LogP contribution < -0.4 is 19.9 Å². The van der Waals surface area contributed by atoms with Gasteiger partial charge in [-0.1, -0.05) is 36.4 Å². The summed E-state index contributed by atoms with van der Waals surface area (Å²) >= 11 is 0. The van der Waals surface area contributed by atoms with E-state index < -0.39 is 0 Å². The smallest absolute Gasteiger partial charge is 0.265 e. The fraction of sp³-hybridized carbons (Fsp3) is 0.394. The minimum atomic E-state index is -0.217. The molecule has 2 aliphatic heterocycles. The van der Waals surface area contributed by atoms with E-state index in [-0.39, 0.29) is 42.0 Å². The molecule has 1 saturated carbocycles. The van der Waals surface area contributed by atoms with Crippen LogP contribution in [0.1, 0.15) is 37.2 Å². The summed E-state index contributed by atoms with van der Waals surface area (Å²) in [4.78, 5) is 30.9. The molecule has 2 amide bonds. The van der Waals surface area contributed by atoms with E-state index in [2.05, 4.69) is 29.6 Å². The van der Waals surface area contributed by atoms with Crippen molar-refractivity contribution in [1.82, 2.24) is 5.32 Å². The van der Waals surface area contributed by atoms with Crippen molar-refractivity contribution in [2.75, 3.05) is 49.8 Å². The summed E-state index contributed by atoms with van der Waals surface area (Å²) in [6.45, 7) is 2.59. The minimum absolute atomic E-state index is 0.0171. The first-order chi connectivity index (χ1) is 20.0. The van der Waals surface area contributed by atoms with E-state index in [1.54, 1.807) is 24.1 Å². The molecule has 2 fully saturated rings. The number of amides is 2. The average molecular weight is 556 g/mol. The van der Waals surface area contributed by atoms with Gasteiger partial charge in [0.1, 0.15) is 11.5 Å². The molecule has 0 unspecified atom stereocenters. The van der Waals surface area contributed by atoms with Crippen molar-refractivity contribution in [1.29, 1.82) is 0 Å². The Bertz CT molecular complexity index is 1400. The Hall–Kier alpha value is -3.88. The third kappa shape index (κ3) is 5.80. The third-order valence-electron chi connectivity index (χ3n) is 8.36. The van der Waals surface area contributed by atoms with Gasteiger partial charge in [0.05, 0.1) is 11.6 Å². The summed E-state index contributed by atoms with van der Waals surface area (Å²) in [6.07, 6.45) is 3.53. The van der Waals surface area contributed by atoms with Crippen LogP contribution in [0.4, 0.5) is 11.4 Å². The maximum absolute atomic E-state index is 14.4. The van der Waals surface area contributed by atoms with Gasteiger partial charge in [-0.05, 0) is 85.2 Å². The van der Waals surface area contributed by atoms with E-state index in [9.17, 15) is 14.7 Å². The highest BCUT2D eigenvalue weighted by molar-refractivity contribution is 6.01. The number of nitrogens with one attached hydrogen (secondary N) is 1. The Balaban J connectivity index is 1.29. The summed E-state index contributed by atoms with van der Waals surface area (Å²) in [7, 11) is 1.66. The summed E-state index contributed by atoms with van der Waals surface area (Å²) in [5, 5.41) is 13.2. The molecule has 0 radical (unpaired) electrons. The van der Waals surface area contributed by atoms with Crippen molar-refractivity contribution in [2.45, 2.75) is 37.6 Å². The number of phenolic OH excluding ortho intramolecular Hbond substituents is 1. The molecule has 0 spiro atoms. The van der Waals surface area contributed by atoms with Crippen LogP contribution in [-0.4, -0.2) is 62.9 Å². The zero-order chi connectivity index (χ0) is 28.3. The van der Waals surface area contributed by atoms with Gasteiger partial charge in [0.25, 0.3) is 5.91 Å². The standard InChI is InChI=1S/C33H37N3O5/c1-40-17-3-16-35-30-19-26(10-13-31(30)41-21-32(35)38)36(25-8-9-25)33(39)29-20-34-15-14-28(29)24-5-2-4-23(18-24)22-6-11-27(37)12-7-22/h2,4-7,10-13,18-19,25,28-29,34,37H,3,8-9,14-17,20-21H2,1H3/t28-,29+/m1/s1. The summed E-state index contributed by atoms with van der Waals surface area (Å²) in [5.74, 6) is 0.803. The molecule has 0 bridgehead atoms. The summed E-state index contributed by atoms with van der Waals surface area (Å²) in [5.41, 5.74) is 4.78. The Morgan fingerprint density at radius 3 is 2.68 bits per heavy atom. The highest BCUT2D eigenvalue weighted by Crippen LogP contribution is 2.42. The van der Waals surface area contributed by atoms with Crippen molar-refractivity contribution in [2.24, 2.45) is 5.92 Å². The van der Waals surface area contributed by atoms with E-state index in [4.69, 9.17) is 9.47 Å². The second-order valence-electron chi connectivity index (χ2n) is 11.1. The Morgan fingerprint density at radius 1 is 1.07 bits per heavy atom. The van der Waals surface area contributed by atoms with E-state index in [0.717, 1.165) is 54.6 Å². The second-order valence-corrected chi connectivity index (χ2v) is 11.1. The fourth-order valence-electron chi connectivity index (χ4n) is 6.10. The molecule has 1 aliphatic carbocycles. The van der Waals surface area contributed by atoms with Crippen LogP contribution in [0.2, 0.25) is 0 Å². The number of anilines is 2. The van der Waals surface area contributed by atoms with Gasteiger partial charge >= 0.3 is 0 Å². The molecule has 3 aromatic carbocycles. The van der Waals surface area contributed by atoms with Crippen molar-refractivity contribution < 1.29 is 24.2 Å². The van der Waals surface area contributed by atoms with Gasteiger partial charge < -0.3 is 29.7 Å². The van der Waals surface area contributed by atoms with Crippen LogP contribution in [-0.2, 0) is 14.3 Å². The normalized spacial score (nSPS) is 20.3. The minimum Gasteiger partial charge on any atom is -0.508 e. The predicted octanol–water partition coefficient (Wildman–Crippen LogP) is 4.71. The number of nitrogens with zero attached hydrogens (tertiary/aromatic N) is 2. The monoisotopic (exact) mass is 555 g/mol. The topological polar surface area (TPSA) is 91.3 Å². The second kappa shape index (κ2) is 11.9. The highest BCUT2D eigenvalue weighted by atomic mass is 16.5. The lowest BCUT2D eigenvalue weighted by atomic mass is 9.79. The van der Waals surface area contributed by atoms with Crippen LogP contribution in [0.5, 0.6) is 11.5 Å². The maximum atomic E-state index is 14.4. The first kappa shape index (κ1) is 27.3. The molecule has 0 aromatic heterocycles. The molecule has 214 valence electrons. The van der Waals surface area contributed by atoms with Crippen LogP contribution in [0.3, 0.4) is 0 Å². The lowest BCUT2D eigenvalue weighted by Crippen LogP contribution is -2.47. The van der Waals surface area contributed by atoms with Crippen LogP contribution >= 0.6 is 0 Å². The lowest BCUT2D eigenvalue weighted by Gasteiger charge is -2.36. The van der Waals surface area contributed by atoms with Crippen molar-refractivity contribution in [3.05, 3.63) is 72.3 Å². The number of carbonyl (C=O) groups excluding carboxylic acids is 2. The zero-order valence-corrected chi connectivity index (χ0v) is 23.4. The van der Waals surface area contributed by atoms with E-state index >= 15 is 0 Å².